The average Bonchev–Trinajstić information content (AvgIpc) is 2.45. The lowest BCUT2D eigenvalue weighted by Crippen LogP contribution is -2.20. The standard InChI is InChI=1S/C15H13ClF3NO/c16-10-3-1-2-8(4-10)11(7-20)15(21)9-5-12(17)14(19)13(18)6-9/h1-6,11,15,21H,7,20H2. The predicted octanol–water partition coefficient (Wildman–Crippen LogP) is 3.53. The van der Waals surface area contributed by atoms with Crippen LogP contribution in [0.3, 0.4) is 0 Å². The molecule has 2 atom stereocenters. The van der Waals surface area contributed by atoms with Crippen molar-refractivity contribution in [2.75, 3.05) is 6.54 Å². The third kappa shape index (κ3) is 3.37. The van der Waals surface area contributed by atoms with E-state index in [9.17, 15) is 18.3 Å². The zero-order chi connectivity index (χ0) is 15.6. The van der Waals surface area contributed by atoms with Crippen LogP contribution in [0.1, 0.15) is 23.1 Å². The van der Waals surface area contributed by atoms with E-state index in [4.69, 9.17) is 17.3 Å². The van der Waals surface area contributed by atoms with E-state index < -0.39 is 29.5 Å². The van der Waals surface area contributed by atoms with Crippen molar-refractivity contribution in [3.8, 4) is 0 Å². The molecule has 2 nitrogen and oxygen atoms in total. The summed E-state index contributed by atoms with van der Waals surface area (Å²) in [6, 6.07) is 8.16. The Morgan fingerprint density at radius 1 is 1.05 bits per heavy atom. The topological polar surface area (TPSA) is 46.2 Å². The number of benzene rings is 2. The van der Waals surface area contributed by atoms with Crippen molar-refractivity contribution < 1.29 is 18.3 Å². The SMILES string of the molecule is NCC(c1cccc(Cl)c1)C(O)c1cc(F)c(F)c(F)c1. The third-order valence-corrected chi connectivity index (χ3v) is 3.49. The molecule has 2 rings (SSSR count). The van der Waals surface area contributed by atoms with Gasteiger partial charge in [0.05, 0.1) is 6.10 Å². The molecule has 0 spiro atoms. The molecule has 0 amide bonds. The fraction of sp³-hybridized carbons (Fsp3) is 0.200. The van der Waals surface area contributed by atoms with Gasteiger partial charge in [-0.15, -0.1) is 0 Å². The van der Waals surface area contributed by atoms with Gasteiger partial charge in [-0.25, -0.2) is 13.2 Å². The van der Waals surface area contributed by atoms with E-state index >= 15 is 0 Å². The number of rotatable bonds is 4. The number of aliphatic hydroxyl groups excluding tert-OH is 1. The van der Waals surface area contributed by atoms with Gasteiger partial charge in [0.25, 0.3) is 0 Å². The Balaban J connectivity index is 2.39. The molecule has 0 aliphatic heterocycles. The van der Waals surface area contributed by atoms with Crippen LogP contribution in [0.25, 0.3) is 0 Å². The molecule has 0 radical (unpaired) electrons. The van der Waals surface area contributed by atoms with Crippen LogP contribution in [-0.2, 0) is 0 Å². The van der Waals surface area contributed by atoms with Gasteiger partial charge in [0, 0.05) is 17.5 Å². The minimum absolute atomic E-state index is 0.0299. The average molecular weight is 316 g/mol. The molecule has 0 bridgehead atoms. The molecule has 0 aliphatic rings. The smallest absolute Gasteiger partial charge is 0.194 e. The Bertz CT molecular complexity index is 628. The fourth-order valence-corrected chi connectivity index (χ4v) is 2.36. The monoisotopic (exact) mass is 315 g/mol. The summed E-state index contributed by atoms with van der Waals surface area (Å²) in [6.45, 7) is 0.0299. The molecule has 0 heterocycles. The van der Waals surface area contributed by atoms with Crippen LogP contribution in [0.15, 0.2) is 36.4 Å². The summed E-state index contributed by atoms with van der Waals surface area (Å²) in [5, 5.41) is 10.7. The number of hydrogen-bond acceptors (Lipinski definition) is 2. The van der Waals surface area contributed by atoms with E-state index in [2.05, 4.69) is 0 Å². The van der Waals surface area contributed by atoms with Gasteiger partial charge in [0.1, 0.15) is 0 Å². The van der Waals surface area contributed by atoms with E-state index in [0.717, 1.165) is 12.1 Å². The number of hydrogen-bond donors (Lipinski definition) is 2. The molecular weight excluding hydrogens is 303 g/mol. The van der Waals surface area contributed by atoms with Gasteiger partial charge < -0.3 is 10.8 Å². The van der Waals surface area contributed by atoms with Gasteiger partial charge in [-0.2, -0.15) is 0 Å². The quantitative estimate of drug-likeness (QED) is 0.848. The second-order valence-electron chi connectivity index (χ2n) is 4.64. The van der Waals surface area contributed by atoms with E-state index in [0.29, 0.717) is 10.6 Å². The zero-order valence-corrected chi connectivity index (χ0v) is 11.6. The van der Waals surface area contributed by atoms with Crippen molar-refractivity contribution in [2.24, 2.45) is 5.73 Å². The fourth-order valence-electron chi connectivity index (χ4n) is 2.16. The molecule has 2 unspecified atom stereocenters. The van der Waals surface area contributed by atoms with Crippen LogP contribution in [0.2, 0.25) is 5.02 Å². The first-order valence-electron chi connectivity index (χ1n) is 6.22. The summed E-state index contributed by atoms with van der Waals surface area (Å²) in [5.41, 5.74) is 6.18. The Hall–Kier alpha value is -1.56. The van der Waals surface area contributed by atoms with Gasteiger partial charge in [-0.3, -0.25) is 0 Å². The van der Waals surface area contributed by atoms with E-state index in [-0.39, 0.29) is 12.1 Å². The van der Waals surface area contributed by atoms with Gasteiger partial charge in [0.2, 0.25) is 0 Å². The van der Waals surface area contributed by atoms with E-state index in [1.807, 2.05) is 0 Å². The molecule has 0 fully saturated rings. The first-order valence-corrected chi connectivity index (χ1v) is 6.60. The molecule has 0 aromatic heterocycles. The van der Waals surface area contributed by atoms with Crippen molar-refractivity contribution in [3.05, 3.63) is 70.0 Å². The first kappa shape index (κ1) is 15.8. The second-order valence-corrected chi connectivity index (χ2v) is 5.08. The summed E-state index contributed by atoms with van der Waals surface area (Å²) in [5.74, 6) is -4.90. The van der Waals surface area contributed by atoms with Crippen molar-refractivity contribution in [3.63, 3.8) is 0 Å². The molecule has 112 valence electrons. The van der Waals surface area contributed by atoms with Crippen molar-refractivity contribution in [1.29, 1.82) is 0 Å². The minimum Gasteiger partial charge on any atom is -0.388 e. The van der Waals surface area contributed by atoms with Gasteiger partial charge in [-0.05, 0) is 35.4 Å². The maximum Gasteiger partial charge on any atom is 0.194 e. The molecular formula is C15H13ClF3NO. The summed E-state index contributed by atoms with van der Waals surface area (Å²) >= 11 is 5.88. The molecule has 2 aromatic rings. The molecule has 0 saturated heterocycles. The lowest BCUT2D eigenvalue weighted by molar-refractivity contribution is 0.146. The van der Waals surface area contributed by atoms with E-state index in [1.54, 1.807) is 24.3 Å². The van der Waals surface area contributed by atoms with Crippen molar-refractivity contribution >= 4 is 11.6 Å². The van der Waals surface area contributed by atoms with E-state index in [1.165, 1.54) is 0 Å². The summed E-state index contributed by atoms with van der Waals surface area (Å²) in [4.78, 5) is 0. The Kier molecular flexibility index (Phi) is 4.88. The van der Waals surface area contributed by atoms with Gasteiger partial charge >= 0.3 is 0 Å². The Morgan fingerprint density at radius 2 is 1.67 bits per heavy atom. The van der Waals surface area contributed by atoms with Crippen LogP contribution in [0.4, 0.5) is 13.2 Å². The number of halogens is 4. The molecule has 0 aliphatic carbocycles. The van der Waals surface area contributed by atoms with Crippen LogP contribution in [0.5, 0.6) is 0 Å². The number of nitrogens with two attached hydrogens (primary N) is 1. The van der Waals surface area contributed by atoms with Crippen LogP contribution in [0, 0.1) is 17.5 Å². The van der Waals surface area contributed by atoms with Crippen LogP contribution < -0.4 is 5.73 Å². The molecule has 0 saturated carbocycles. The second kappa shape index (κ2) is 6.47. The lowest BCUT2D eigenvalue weighted by Gasteiger charge is -2.22. The summed E-state index contributed by atoms with van der Waals surface area (Å²) in [7, 11) is 0. The van der Waals surface area contributed by atoms with Crippen LogP contribution in [-0.4, -0.2) is 11.7 Å². The van der Waals surface area contributed by atoms with Gasteiger partial charge in [0.15, 0.2) is 17.5 Å². The minimum atomic E-state index is -1.57. The van der Waals surface area contributed by atoms with Crippen molar-refractivity contribution in [2.45, 2.75) is 12.0 Å². The summed E-state index contributed by atoms with van der Waals surface area (Å²) in [6.07, 6.45) is -1.28. The van der Waals surface area contributed by atoms with Crippen LogP contribution >= 0.6 is 11.6 Å². The maximum absolute atomic E-state index is 13.3. The maximum atomic E-state index is 13.3. The normalized spacial score (nSPS) is 14.0. The Morgan fingerprint density at radius 3 is 2.19 bits per heavy atom. The van der Waals surface area contributed by atoms with Crippen molar-refractivity contribution in [1.82, 2.24) is 0 Å². The highest BCUT2D eigenvalue weighted by Crippen LogP contribution is 2.32. The zero-order valence-electron chi connectivity index (χ0n) is 10.9. The lowest BCUT2D eigenvalue weighted by atomic mass is 9.89. The number of aliphatic hydroxyl groups is 1. The summed E-state index contributed by atoms with van der Waals surface area (Å²) < 4.78 is 39.5. The first-order chi connectivity index (χ1) is 9.93. The largest absolute Gasteiger partial charge is 0.388 e. The highest BCUT2D eigenvalue weighted by atomic mass is 35.5. The van der Waals surface area contributed by atoms with Gasteiger partial charge in [-0.1, -0.05) is 23.7 Å². The highest BCUT2D eigenvalue weighted by Gasteiger charge is 2.24. The Labute approximate surface area is 125 Å². The molecule has 3 N–H and O–H groups in total. The highest BCUT2D eigenvalue weighted by molar-refractivity contribution is 6.30. The molecule has 21 heavy (non-hydrogen) atoms. The third-order valence-electron chi connectivity index (χ3n) is 3.26. The predicted molar refractivity (Wildman–Crippen MR) is 74.5 cm³/mol. The molecule has 2 aromatic carbocycles. The molecule has 6 heteroatoms.